The van der Waals surface area contributed by atoms with Gasteiger partial charge in [0, 0.05) is 28.7 Å². The summed E-state index contributed by atoms with van der Waals surface area (Å²) >= 11 is 6.10. The smallest absolute Gasteiger partial charge is 0.273 e. The first-order valence-electron chi connectivity index (χ1n) is 7.53. The van der Waals surface area contributed by atoms with E-state index in [2.05, 4.69) is 10.3 Å². The Kier molecular flexibility index (Phi) is 4.09. The summed E-state index contributed by atoms with van der Waals surface area (Å²) < 4.78 is 2.01. The molecule has 0 radical (unpaired) electrons. The fourth-order valence-corrected chi connectivity index (χ4v) is 3.07. The highest BCUT2D eigenvalue weighted by Gasteiger charge is 2.20. The van der Waals surface area contributed by atoms with Gasteiger partial charge in [0.25, 0.3) is 5.91 Å². The average Bonchev–Trinajstić information content (AvgIpc) is 2.79. The van der Waals surface area contributed by atoms with Crippen molar-refractivity contribution in [2.45, 2.75) is 27.3 Å². The lowest BCUT2D eigenvalue weighted by molar-refractivity contribution is 0.101. The van der Waals surface area contributed by atoms with Crippen LogP contribution >= 0.6 is 11.6 Å². The highest BCUT2D eigenvalue weighted by molar-refractivity contribution is 6.31. The van der Waals surface area contributed by atoms with Crippen molar-refractivity contribution in [3.8, 4) is 0 Å². The molecule has 3 aromatic rings. The Morgan fingerprint density at radius 3 is 2.74 bits per heavy atom. The molecule has 0 atom stereocenters. The van der Waals surface area contributed by atoms with Crippen LogP contribution in [-0.2, 0) is 6.54 Å². The van der Waals surface area contributed by atoms with Crippen LogP contribution in [0, 0.1) is 13.8 Å². The van der Waals surface area contributed by atoms with E-state index in [1.165, 1.54) is 0 Å². The Morgan fingerprint density at radius 1 is 1.26 bits per heavy atom. The van der Waals surface area contributed by atoms with Gasteiger partial charge in [0.15, 0.2) is 0 Å². The molecular weight excluding hydrogens is 310 g/mol. The summed E-state index contributed by atoms with van der Waals surface area (Å²) in [6.07, 6.45) is 1.69. The average molecular weight is 328 g/mol. The zero-order valence-electron chi connectivity index (χ0n) is 13.4. The van der Waals surface area contributed by atoms with Gasteiger partial charge in [-0.05, 0) is 62.2 Å². The maximum atomic E-state index is 12.8. The predicted molar refractivity (Wildman–Crippen MR) is 94.3 cm³/mol. The normalized spacial score (nSPS) is 11.0. The number of nitrogens with zero attached hydrogens (tertiary/aromatic N) is 2. The van der Waals surface area contributed by atoms with Gasteiger partial charge in [0.2, 0.25) is 0 Å². The van der Waals surface area contributed by atoms with Gasteiger partial charge in [-0.25, -0.2) is 4.98 Å². The number of benzene rings is 1. The fraction of sp³-hybridized carbons (Fsp3) is 0.222. The molecule has 4 nitrogen and oxygen atoms in total. The van der Waals surface area contributed by atoms with Crippen molar-refractivity contribution < 1.29 is 4.79 Å². The summed E-state index contributed by atoms with van der Waals surface area (Å²) in [5.41, 5.74) is 3.63. The van der Waals surface area contributed by atoms with Crippen LogP contribution < -0.4 is 5.32 Å². The third-order valence-electron chi connectivity index (χ3n) is 3.97. The van der Waals surface area contributed by atoms with Gasteiger partial charge >= 0.3 is 0 Å². The summed E-state index contributed by atoms with van der Waals surface area (Å²) in [7, 11) is 0. The number of hydrogen-bond donors (Lipinski definition) is 1. The molecule has 2 aromatic heterocycles. The highest BCUT2D eigenvalue weighted by Crippen LogP contribution is 2.28. The van der Waals surface area contributed by atoms with E-state index in [-0.39, 0.29) is 5.91 Å². The zero-order chi connectivity index (χ0) is 16.6. The topological polar surface area (TPSA) is 46.9 Å². The molecule has 0 aliphatic heterocycles. The third kappa shape index (κ3) is 2.82. The molecule has 3 rings (SSSR count). The first-order valence-corrected chi connectivity index (χ1v) is 7.91. The minimum absolute atomic E-state index is 0.158. The number of aromatic nitrogens is 2. The highest BCUT2D eigenvalue weighted by atomic mass is 35.5. The van der Waals surface area contributed by atoms with Crippen LogP contribution in [0.1, 0.15) is 28.5 Å². The van der Waals surface area contributed by atoms with E-state index >= 15 is 0 Å². The summed E-state index contributed by atoms with van der Waals surface area (Å²) in [5.74, 6) is 0.398. The molecule has 1 amide bonds. The zero-order valence-corrected chi connectivity index (χ0v) is 14.1. The lowest BCUT2D eigenvalue weighted by Gasteiger charge is -2.09. The number of rotatable bonds is 3. The summed E-state index contributed by atoms with van der Waals surface area (Å²) in [6, 6.07) is 9.45. The minimum Gasteiger partial charge on any atom is -0.337 e. The minimum atomic E-state index is -0.158. The molecule has 0 spiro atoms. The van der Waals surface area contributed by atoms with Crippen LogP contribution in [0.5, 0.6) is 0 Å². The van der Waals surface area contributed by atoms with Crippen molar-refractivity contribution in [2.24, 2.45) is 0 Å². The van der Waals surface area contributed by atoms with E-state index in [9.17, 15) is 4.79 Å². The van der Waals surface area contributed by atoms with Gasteiger partial charge in [-0.15, -0.1) is 0 Å². The first kappa shape index (κ1) is 15.6. The molecule has 2 heterocycles. The standard InChI is InChI=1S/C18H18ClN3O/c1-4-22-15-6-5-13(19)10-14(15)12(3)17(22)18(23)21-16-9-11(2)7-8-20-16/h5-10H,4H2,1-3H3,(H,20,21,23). The van der Waals surface area contributed by atoms with Crippen molar-refractivity contribution in [1.82, 2.24) is 9.55 Å². The molecule has 118 valence electrons. The number of carbonyl (C=O) groups excluding carboxylic acids is 1. The second-order valence-electron chi connectivity index (χ2n) is 5.55. The quantitative estimate of drug-likeness (QED) is 0.765. The SMILES string of the molecule is CCn1c(C(=O)Nc2cc(C)ccn2)c(C)c2cc(Cl)ccc21. The second-order valence-corrected chi connectivity index (χ2v) is 5.99. The van der Waals surface area contributed by atoms with Gasteiger partial charge in [0.1, 0.15) is 11.5 Å². The largest absolute Gasteiger partial charge is 0.337 e. The molecule has 0 saturated heterocycles. The molecule has 0 aliphatic rings. The molecule has 1 N–H and O–H groups in total. The van der Waals surface area contributed by atoms with E-state index in [4.69, 9.17) is 11.6 Å². The van der Waals surface area contributed by atoms with Crippen molar-refractivity contribution >= 4 is 34.2 Å². The second kappa shape index (κ2) is 6.05. The van der Waals surface area contributed by atoms with E-state index < -0.39 is 0 Å². The number of anilines is 1. The van der Waals surface area contributed by atoms with Crippen LogP contribution in [0.25, 0.3) is 10.9 Å². The van der Waals surface area contributed by atoms with Gasteiger partial charge in [-0.1, -0.05) is 11.6 Å². The number of amides is 1. The van der Waals surface area contributed by atoms with E-state index in [1.54, 1.807) is 6.20 Å². The monoisotopic (exact) mass is 327 g/mol. The van der Waals surface area contributed by atoms with Crippen LogP contribution in [0.2, 0.25) is 5.02 Å². The molecule has 0 aliphatic carbocycles. The van der Waals surface area contributed by atoms with Gasteiger partial charge in [-0.3, -0.25) is 4.79 Å². The Hall–Kier alpha value is -2.33. The number of halogens is 1. The van der Waals surface area contributed by atoms with Crippen LogP contribution in [0.3, 0.4) is 0 Å². The van der Waals surface area contributed by atoms with Gasteiger partial charge in [0.05, 0.1) is 0 Å². The van der Waals surface area contributed by atoms with Gasteiger partial charge in [-0.2, -0.15) is 0 Å². The molecule has 0 saturated carbocycles. The Bertz CT molecular complexity index is 899. The maximum absolute atomic E-state index is 12.8. The number of hydrogen-bond acceptors (Lipinski definition) is 2. The first-order chi connectivity index (χ1) is 11.0. The number of fused-ring (bicyclic) bond motifs is 1. The predicted octanol–water partition coefficient (Wildman–Crippen LogP) is 4.58. The van der Waals surface area contributed by atoms with Crippen LogP contribution in [-0.4, -0.2) is 15.5 Å². The molecule has 0 bridgehead atoms. The fourth-order valence-electron chi connectivity index (χ4n) is 2.90. The third-order valence-corrected chi connectivity index (χ3v) is 4.20. The van der Waals surface area contributed by atoms with Crippen LogP contribution in [0.4, 0.5) is 5.82 Å². The van der Waals surface area contributed by atoms with Gasteiger partial charge < -0.3 is 9.88 Å². The molecule has 23 heavy (non-hydrogen) atoms. The molecule has 0 fully saturated rings. The summed E-state index contributed by atoms with van der Waals surface area (Å²) in [6.45, 7) is 6.64. The Labute approximate surface area is 140 Å². The Morgan fingerprint density at radius 2 is 2.04 bits per heavy atom. The van der Waals surface area contributed by atoms with Crippen molar-refractivity contribution in [1.29, 1.82) is 0 Å². The van der Waals surface area contributed by atoms with E-state index in [0.29, 0.717) is 23.1 Å². The molecule has 0 unspecified atom stereocenters. The molecular formula is C18H18ClN3O. The van der Waals surface area contributed by atoms with E-state index in [1.807, 2.05) is 55.7 Å². The molecule has 5 heteroatoms. The van der Waals surface area contributed by atoms with E-state index in [0.717, 1.165) is 22.0 Å². The van der Waals surface area contributed by atoms with Crippen molar-refractivity contribution in [3.05, 3.63) is 58.4 Å². The maximum Gasteiger partial charge on any atom is 0.273 e. The van der Waals surface area contributed by atoms with Crippen molar-refractivity contribution in [2.75, 3.05) is 5.32 Å². The lowest BCUT2D eigenvalue weighted by atomic mass is 10.1. The number of pyridine rings is 1. The van der Waals surface area contributed by atoms with Crippen molar-refractivity contribution in [3.63, 3.8) is 0 Å². The number of aryl methyl sites for hydroxylation is 3. The molecule has 1 aromatic carbocycles. The number of carbonyl (C=O) groups is 1. The Balaban J connectivity index is 2.08. The number of nitrogens with one attached hydrogen (secondary N) is 1. The summed E-state index contributed by atoms with van der Waals surface area (Å²) in [4.78, 5) is 17.0. The lowest BCUT2D eigenvalue weighted by Crippen LogP contribution is -2.18. The van der Waals surface area contributed by atoms with Crippen LogP contribution in [0.15, 0.2) is 36.5 Å². The summed E-state index contributed by atoms with van der Waals surface area (Å²) in [5, 5.41) is 4.56.